The van der Waals surface area contributed by atoms with Gasteiger partial charge in [-0.05, 0) is 72.3 Å². The molecule has 0 aromatic heterocycles. The zero-order chi connectivity index (χ0) is 24.0. The summed E-state index contributed by atoms with van der Waals surface area (Å²) in [4.78, 5) is 13.1. The summed E-state index contributed by atoms with van der Waals surface area (Å²) in [6.07, 6.45) is 2.68. The van der Waals surface area contributed by atoms with E-state index in [4.69, 9.17) is 25.8 Å². The van der Waals surface area contributed by atoms with Crippen molar-refractivity contribution in [2.45, 2.75) is 4.90 Å². The third-order valence-electron chi connectivity index (χ3n) is 4.68. The van der Waals surface area contributed by atoms with E-state index in [1.807, 2.05) is 0 Å². The second-order valence-electron chi connectivity index (χ2n) is 6.71. The zero-order valence-corrected chi connectivity index (χ0v) is 19.8. The molecule has 0 aliphatic heterocycles. The molecular weight excluding hydrogens is 466 g/mol. The molecule has 3 aromatic rings. The lowest BCUT2D eigenvalue weighted by Crippen LogP contribution is -2.35. The Hall–Kier alpha value is -3.49. The molecule has 0 aliphatic rings. The van der Waals surface area contributed by atoms with Gasteiger partial charge in [-0.15, -0.1) is 0 Å². The van der Waals surface area contributed by atoms with Crippen LogP contribution >= 0.6 is 11.6 Å². The lowest BCUT2D eigenvalue weighted by Gasteiger charge is -2.21. The van der Waals surface area contributed by atoms with Crippen LogP contribution in [0, 0.1) is 0 Å². The molecule has 0 fully saturated rings. The number of anilines is 1. The first-order chi connectivity index (χ1) is 15.8. The molecule has 0 saturated carbocycles. The molecule has 0 N–H and O–H groups in total. The van der Waals surface area contributed by atoms with Gasteiger partial charge in [0.25, 0.3) is 15.9 Å². The number of rotatable bonds is 8. The minimum Gasteiger partial charge on any atom is -0.497 e. The molecule has 3 aromatic carbocycles. The fourth-order valence-corrected chi connectivity index (χ4v) is 4.52. The van der Waals surface area contributed by atoms with E-state index in [2.05, 4.69) is 0 Å². The van der Waals surface area contributed by atoms with Crippen molar-refractivity contribution >= 4 is 39.3 Å². The maximum Gasteiger partial charge on any atom is 0.271 e. The Bertz CT molecular complexity index is 1260. The molecule has 7 nitrogen and oxygen atoms in total. The van der Waals surface area contributed by atoms with E-state index >= 15 is 0 Å². The summed E-state index contributed by atoms with van der Waals surface area (Å²) < 4.78 is 43.1. The van der Waals surface area contributed by atoms with Crippen molar-refractivity contribution in [3.63, 3.8) is 0 Å². The number of halogens is 1. The number of hydrogen-bond acceptors (Lipinski definition) is 6. The lowest BCUT2D eigenvalue weighted by molar-refractivity contribution is -0.113. The van der Waals surface area contributed by atoms with Gasteiger partial charge in [-0.25, -0.2) is 8.42 Å². The fourth-order valence-electron chi connectivity index (χ4n) is 3.01. The first kappa shape index (κ1) is 24.2. The average molecular weight is 488 g/mol. The van der Waals surface area contributed by atoms with Crippen LogP contribution in [0.1, 0.15) is 5.56 Å². The van der Waals surface area contributed by atoms with Gasteiger partial charge in [0.15, 0.2) is 11.5 Å². The molecule has 0 spiro atoms. The van der Waals surface area contributed by atoms with Gasteiger partial charge >= 0.3 is 0 Å². The van der Waals surface area contributed by atoms with Crippen molar-refractivity contribution in [3.05, 3.63) is 83.4 Å². The molecule has 0 unspecified atom stereocenters. The number of hydrogen-bond donors (Lipinski definition) is 0. The summed E-state index contributed by atoms with van der Waals surface area (Å²) in [5.41, 5.74) is 0.785. The van der Waals surface area contributed by atoms with Crippen LogP contribution in [0.3, 0.4) is 0 Å². The fraction of sp³-hybridized carbons (Fsp3) is 0.125. The highest BCUT2D eigenvalue weighted by atomic mass is 35.5. The summed E-state index contributed by atoms with van der Waals surface area (Å²) in [7, 11) is 0.285. The number of methoxy groups -OCH3 is 3. The minimum absolute atomic E-state index is 0.0735. The minimum atomic E-state index is -4.23. The summed E-state index contributed by atoms with van der Waals surface area (Å²) in [6, 6.07) is 16.8. The van der Waals surface area contributed by atoms with Crippen LogP contribution < -0.4 is 18.5 Å². The normalized spacial score (nSPS) is 11.3. The molecule has 0 radical (unpaired) electrons. The van der Waals surface area contributed by atoms with E-state index in [-0.39, 0.29) is 10.6 Å². The topological polar surface area (TPSA) is 82.1 Å². The quantitative estimate of drug-likeness (QED) is 0.424. The molecule has 0 saturated heterocycles. The zero-order valence-electron chi connectivity index (χ0n) is 18.2. The van der Waals surface area contributed by atoms with Gasteiger partial charge in [-0.2, -0.15) is 4.31 Å². The van der Waals surface area contributed by atoms with Gasteiger partial charge in [0.1, 0.15) is 5.75 Å². The first-order valence-electron chi connectivity index (χ1n) is 9.69. The summed E-state index contributed by atoms with van der Waals surface area (Å²) in [6.45, 7) is 0. The number of benzene rings is 3. The molecule has 0 atom stereocenters. The second kappa shape index (κ2) is 10.4. The van der Waals surface area contributed by atoms with E-state index in [1.165, 1.54) is 69.9 Å². The maximum absolute atomic E-state index is 13.4. The van der Waals surface area contributed by atoms with E-state index < -0.39 is 15.9 Å². The van der Waals surface area contributed by atoms with Crippen LogP contribution in [-0.4, -0.2) is 35.7 Å². The molecule has 9 heteroatoms. The van der Waals surface area contributed by atoms with Crippen LogP contribution in [0.4, 0.5) is 5.69 Å². The third-order valence-corrected chi connectivity index (χ3v) is 6.68. The van der Waals surface area contributed by atoms with Gasteiger partial charge in [0.2, 0.25) is 0 Å². The van der Waals surface area contributed by atoms with Crippen LogP contribution in [0.25, 0.3) is 6.08 Å². The summed E-state index contributed by atoms with van der Waals surface area (Å²) in [5, 5.41) is 0.379. The number of amides is 1. The summed E-state index contributed by atoms with van der Waals surface area (Å²) in [5.74, 6) is 0.778. The van der Waals surface area contributed by atoms with Gasteiger partial charge in [0.05, 0.1) is 31.9 Å². The second-order valence-corrected chi connectivity index (χ2v) is 8.93. The number of carbonyl (C=O) groups is 1. The summed E-state index contributed by atoms with van der Waals surface area (Å²) >= 11 is 5.90. The first-order valence-corrected chi connectivity index (χ1v) is 11.5. The number of carbonyl (C=O) groups excluding carboxylic acids is 1. The monoisotopic (exact) mass is 487 g/mol. The third kappa shape index (κ3) is 5.47. The van der Waals surface area contributed by atoms with Crippen LogP contribution in [0.2, 0.25) is 5.02 Å². The van der Waals surface area contributed by atoms with Gasteiger partial charge < -0.3 is 14.2 Å². The Balaban J connectivity index is 2.02. The van der Waals surface area contributed by atoms with Gasteiger partial charge in [-0.3, -0.25) is 4.79 Å². The molecule has 33 heavy (non-hydrogen) atoms. The molecule has 172 valence electrons. The van der Waals surface area contributed by atoms with Crippen molar-refractivity contribution < 1.29 is 27.4 Å². The van der Waals surface area contributed by atoms with E-state index in [1.54, 1.807) is 30.3 Å². The largest absolute Gasteiger partial charge is 0.497 e. The van der Waals surface area contributed by atoms with Crippen molar-refractivity contribution in [3.8, 4) is 17.2 Å². The van der Waals surface area contributed by atoms with E-state index in [0.29, 0.717) is 27.8 Å². The Morgan fingerprint density at radius 1 is 0.848 bits per heavy atom. The smallest absolute Gasteiger partial charge is 0.271 e. The SMILES string of the molecule is COc1ccc(N(C(=O)/C=C/c2ccc(OC)c(OC)c2)S(=O)(=O)c2ccc(Cl)cc2)cc1. The molecule has 3 rings (SSSR count). The van der Waals surface area contributed by atoms with Crippen molar-refractivity contribution in [1.29, 1.82) is 0 Å². The Morgan fingerprint density at radius 2 is 1.48 bits per heavy atom. The van der Waals surface area contributed by atoms with E-state index in [9.17, 15) is 13.2 Å². The predicted molar refractivity (Wildman–Crippen MR) is 128 cm³/mol. The van der Waals surface area contributed by atoms with E-state index in [0.717, 1.165) is 4.31 Å². The Morgan fingerprint density at radius 3 is 2.06 bits per heavy atom. The number of nitrogens with zero attached hydrogens (tertiary/aromatic N) is 1. The van der Waals surface area contributed by atoms with Crippen molar-refractivity contribution in [2.24, 2.45) is 0 Å². The molecular formula is C24H22ClNO6S. The van der Waals surface area contributed by atoms with Crippen LogP contribution in [0.15, 0.2) is 77.7 Å². The van der Waals surface area contributed by atoms with Crippen LogP contribution in [0.5, 0.6) is 17.2 Å². The number of ether oxygens (including phenoxy) is 3. The average Bonchev–Trinajstić information content (AvgIpc) is 2.83. The lowest BCUT2D eigenvalue weighted by atomic mass is 10.2. The Kier molecular flexibility index (Phi) is 7.63. The highest BCUT2D eigenvalue weighted by Crippen LogP contribution is 2.29. The van der Waals surface area contributed by atoms with Crippen molar-refractivity contribution in [1.82, 2.24) is 0 Å². The number of sulfonamides is 1. The Labute approximate surface area is 197 Å². The van der Waals surface area contributed by atoms with Crippen LogP contribution in [-0.2, 0) is 14.8 Å². The molecule has 1 amide bonds. The van der Waals surface area contributed by atoms with Crippen molar-refractivity contribution in [2.75, 3.05) is 25.6 Å². The standard InChI is InChI=1S/C24H22ClNO6S/c1-30-20-10-8-19(9-11-20)26(33(28,29)21-12-6-18(25)7-13-21)24(27)15-5-17-4-14-22(31-2)23(16-17)32-3/h4-16H,1-3H3/b15-5+. The van der Waals surface area contributed by atoms with Gasteiger partial charge in [-0.1, -0.05) is 17.7 Å². The highest BCUT2D eigenvalue weighted by Gasteiger charge is 2.29. The van der Waals surface area contributed by atoms with Gasteiger partial charge in [0, 0.05) is 11.1 Å². The molecule has 0 heterocycles. The maximum atomic E-state index is 13.4. The highest BCUT2D eigenvalue weighted by molar-refractivity contribution is 7.93. The predicted octanol–water partition coefficient (Wildman–Crippen LogP) is 4.80. The molecule has 0 aliphatic carbocycles. The molecule has 0 bridgehead atoms.